The standard InChI is InChI=1S/C20H18FN3O2/c21-15-5-8-17-14(9-15)10-18(23-17)20(26)24(16-6-7-16)11-12-1-3-13(4-2-12)19(22)25/h1-5,8-10,16,23H,6-7,11H2,(H2,22,25). The van der Waals surface area contributed by atoms with E-state index in [0.717, 1.165) is 23.9 Å². The van der Waals surface area contributed by atoms with Crippen LogP contribution in [0.1, 0.15) is 39.3 Å². The van der Waals surface area contributed by atoms with E-state index in [1.165, 1.54) is 12.1 Å². The highest BCUT2D eigenvalue weighted by Gasteiger charge is 2.33. The van der Waals surface area contributed by atoms with Crippen molar-refractivity contribution < 1.29 is 14.0 Å². The van der Waals surface area contributed by atoms with Gasteiger partial charge in [-0.25, -0.2) is 4.39 Å². The fourth-order valence-corrected chi connectivity index (χ4v) is 3.10. The van der Waals surface area contributed by atoms with E-state index in [2.05, 4.69) is 4.98 Å². The van der Waals surface area contributed by atoms with Gasteiger partial charge in [0.15, 0.2) is 0 Å². The number of H-pyrrole nitrogens is 1. The Hall–Kier alpha value is -3.15. The average molecular weight is 351 g/mol. The van der Waals surface area contributed by atoms with Crippen molar-refractivity contribution in [3.63, 3.8) is 0 Å². The van der Waals surface area contributed by atoms with Crippen LogP contribution in [-0.2, 0) is 6.54 Å². The molecule has 1 fully saturated rings. The van der Waals surface area contributed by atoms with E-state index in [1.54, 1.807) is 24.3 Å². The Balaban J connectivity index is 1.59. The lowest BCUT2D eigenvalue weighted by molar-refractivity contribution is 0.0724. The van der Waals surface area contributed by atoms with Gasteiger partial charge in [0.2, 0.25) is 5.91 Å². The van der Waals surface area contributed by atoms with E-state index in [0.29, 0.717) is 23.2 Å². The van der Waals surface area contributed by atoms with Gasteiger partial charge < -0.3 is 15.6 Å². The lowest BCUT2D eigenvalue weighted by atomic mass is 10.1. The Morgan fingerprint density at radius 3 is 2.50 bits per heavy atom. The van der Waals surface area contributed by atoms with Gasteiger partial charge in [-0.2, -0.15) is 0 Å². The number of nitrogens with two attached hydrogens (primary N) is 1. The van der Waals surface area contributed by atoms with Crippen molar-refractivity contribution >= 4 is 22.7 Å². The molecule has 0 saturated heterocycles. The maximum Gasteiger partial charge on any atom is 0.270 e. The average Bonchev–Trinajstić information content (AvgIpc) is 3.38. The molecule has 2 aromatic carbocycles. The molecule has 1 aromatic heterocycles. The van der Waals surface area contributed by atoms with E-state index >= 15 is 0 Å². The molecular formula is C20H18FN3O2. The number of hydrogen-bond acceptors (Lipinski definition) is 2. The summed E-state index contributed by atoms with van der Waals surface area (Å²) < 4.78 is 13.4. The van der Waals surface area contributed by atoms with Gasteiger partial charge in [-0.15, -0.1) is 0 Å². The van der Waals surface area contributed by atoms with Crippen LogP contribution in [-0.4, -0.2) is 27.7 Å². The fourth-order valence-electron chi connectivity index (χ4n) is 3.10. The third kappa shape index (κ3) is 3.18. The zero-order chi connectivity index (χ0) is 18.3. The molecular weight excluding hydrogens is 333 g/mol. The summed E-state index contributed by atoms with van der Waals surface area (Å²) in [6, 6.07) is 13.3. The molecule has 1 aliphatic rings. The van der Waals surface area contributed by atoms with Gasteiger partial charge >= 0.3 is 0 Å². The number of carbonyl (C=O) groups is 2. The van der Waals surface area contributed by atoms with Crippen LogP contribution in [0.4, 0.5) is 4.39 Å². The molecule has 0 aliphatic heterocycles. The number of fused-ring (bicyclic) bond motifs is 1. The highest BCUT2D eigenvalue weighted by atomic mass is 19.1. The number of amides is 2. The highest BCUT2D eigenvalue weighted by molar-refractivity contribution is 5.98. The minimum absolute atomic E-state index is 0.108. The van der Waals surface area contributed by atoms with Crippen molar-refractivity contribution in [1.29, 1.82) is 0 Å². The van der Waals surface area contributed by atoms with Crippen molar-refractivity contribution in [3.8, 4) is 0 Å². The van der Waals surface area contributed by atoms with Crippen molar-refractivity contribution in [3.05, 3.63) is 71.2 Å². The second-order valence-electron chi connectivity index (χ2n) is 6.64. The topological polar surface area (TPSA) is 79.2 Å². The molecule has 3 aromatic rings. The number of primary amides is 1. The number of rotatable bonds is 5. The van der Waals surface area contributed by atoms with Gasteiger partial charge in [0.25, 0.3) is 5.91 Å². The number of aromatic amines is 1. The molecule has 0 spiro atoms. The first-order valence-corrected chi connectivity index (χ1v) is 8.49. The Labute approximate surface area is 149 Å². The Bertz CT molecular complexity index is 990. The van der Waals surface area contributed by atoms with Gasteiger partial charge in [-0.05, 0) is 54.8 Å². The first kappa shape index (κ1) is 16.3. The Morgan fingerprint density at radius 2 is 1.85 bits per heavy atom. The third-order valence-electron chi connectivity index (χ3n) is 4.65. The smallest absolute Gasteiger partial charge is 0.270 e. The van der Waals surface area contributed by atoms with Crippen LogP contribution in [0.5, 0.6) is 0 Å². The van der Waals surface area contributed by atoms with E-state index < -0.39 is 5.91 Å². The lowest BCUT2D eigenvalue weighted by Crippen LogP contribution is -2.32. The molecule has 0 unspecified atom stereocenters. The zero-order valence-corrected chi connectivity index (χ0v) is 14.0. The minimum atomic E-state index is -0.475. The highest BCUT2D eigenvalue weighted by Crippen LogP contribution is 2.30. The van der Waals surface area contributed by atoms with Crippen molar-refractivity contribution in [2.24, 2.45) is 5.73 Å². The van der Waals surface area contributed by atoms with Crippen LogP contribution < -0.4 is 5.73 Å². The summed E-state index contributed by atoms with van der Waals surface area (Å²) in [4.78, 5) is 29.1. The molecule has 4 rings (SSSR count). The third-order valence-corrected chi connectivity index (χ3v) is 4.65. The largest absolute Gasteiger partial charge is 0.366 e. The molecule has 1 saturated carbocycles. The zero-order valence-electron chi connectivity index (χ0n) is 14.0. The molecule has 3 N–H and O–H groups in total. The van der Waals surface area contributed by atoms with Crippen LogP contribution in [0.2, 0.25) is 0 Å². The number of hydrogen-bond donors (Lipinski definition) is 2. The van der Waals surface area contributed by atoms with E-state index in [1.807, 2.05) is 17.0 Å². The summed E-state index contributed by atoms with van der Waals surface area (Å²) in [5.74, 6) is -0.913. The van der Waals surface area contributed by atoms with Crippen LogP contribution in [0.25, 0.3) is 10.9 Å². The number of benzene rings is 2. The van der Waals surface area contributed by atoms with Gasteiger partial charge in [0, 0.05) is 29.1 Å². The number of aromatic nitrogens is 1. The summed E-state index contributed by atoms with van der Waals surface area (Å²) in [5, 5.41) is 0.676. The first-order valence-electron chi connectivity index (χ1n) is 8.49. The molecule has 1 heterocycles. The Morgan fingerprint density at radius 1 is 1.12 bits per heavy atom. The quantitative estimate of drug-likeness (QED) is 0.740. The molecule has 2 amide bonds. The van der Waals surface area contributed by atoms with Crippen molar-refractivity contribution in [1.82, 2.24) is 9.88 Å². The normalized spacial score (nSPS) is 13.7. The number of carbonyl (C=O) groups excluding carboxylic acids is 2. The van der Waals surface area contributed by atoms with Gasteiger partial charge in [0.05, 0.1) is 0 Å². The summed E-state index contributed by atoms with van der Waals surface area (Å²) in [7, 11) is 0. The fraction of sp³-hybridized carbons (Fsp3) is 0.200. The first-order chi connectivity index (χ1) is 12.5. The maximum atomic E-state index is 13.4. The predicted octanol–water partition coefficient (Wildman–Crippen LogP) is 3.21. The summed E-state index contributed by atoms with van der Waals surface area (Å²) in [6.07, 6.45) is 1.94. The molecule has 26 heavy (non-hydrogen) atoms. The van der Waals surface area contributed by atoms with Crippen LogP contribution in [0.15, 0.2) is 48.5 Å². The lowest BCUT2D eigenvalue weighted by Gasteiger charge is -2.22. The van der Waals surface area contributed by atoms with Crippen LogP contribution in [0.3, 0.4) is 0 Å². The van der Waals surface area contributed by atoms with E-state index in [9.17, 15) is 14.0 Å². The van der Waals surface area contributed by atoms with E-state index in [-0.39, 0.29) is 17.8 Å². The second-order valence-corrected chi connectivity index (χ2v) is 6.64. The van der Waals surface area contributed by atoms with Crippen molar-refractivity contribution in [2.75, 3.05) is 0 Å². The van der Waals surface area contributed by atoms with E-state index in [4.69, 9.17) is 5.73 Å². The molecule has 0 radical (unpaired) electrons. The summed E-state index contributed by atoms with van der Waals surface area (Å²) in [5.41, 5.74) is 7.81. The van der Waals surface area contributed by atoms with Crippen LogP contribution >= 0.6 is 0 Å². The summed E-state index contributed by atoms with van der Waals surface area (Å²) in [6.45, 7) is 0.451. The summed E-state index contributed by atoms with van der Waals surface area (Å²) >= 11 is 0. The van der Waals surface area contributed by atoms with Crippen molar-refractivity contribution in [2.45, 2.75) is 25.4 Å². The molecule has 1 aliphatic carbocycles. The van der Waals surface area contributed by atoms with Gasteiger partial charge in [-0.1, -0.05) is 12.1 Å². The molecule has 5 nitrogen and oxygen atoms in total. The van der Waals surface area contributed by atoms with Crippen LogP contribution in [0, 0.1) is 5.82 Å². The monoisotopic (exact) mass is 351 g/mol. The maximum absolute atomic E-state index is 13.4. The number of nitrogens with zero attached hydrogens (tertiary/aromatic N) is 1. The molecule has 0 bridgehead atoms. The molecule has 6 heteroatoms. The van der Waals surface area contributed by atoms with Gasteiger partial charge in [-0.3, -0.25) is 9.59 Å². The molecule has 0 atom stereocenters. The predicted molar refractivity (Wildman–Crippen MR) is 96.1 cm³/mol. The minimum Gasteiger partial charge on any atom is -0.366 e. The molecule has 132 valence electrons. The SMILES string of the molecule is NC(=O)c1ccc(CN(C(=O)c2cc3cc(F)ccc3[nH]2)C2CC2)cc1. The van der Waals surface area contributed by atoms with Gasteiger partial charge in [0.1, 0.15) is 11.5 Å². The number of halogens is 1. The Kier molecular flexibility index (Phi) is 3.95. The number of nitrogens with one attached hydrogen (secondary N) is 1. The second kappa shape index (κ2) is 6.29.